The van der Waals surface area contributed by atoms with E-state index < -0.39 is 11.5 Å². The van der Waals surface area contributed by atoms with Gasteiger partial charge in [-0.25, -0.2) is 4.98 Å². The van der Waals surface area contributed by atoms with Crippen LogP contribution in [0, 0.1) is 6.92 Å². The average molecular weight is 387 g/mol. The second kappa shape index (κ2) is 7.20. The fourth-order valence-electron chi connectivity index (χ4n) is 2.76. The number of carbonyl (C=O) groups is 2. The molecular formula is C18H17N3O5S. The predicted molar refractivity (Wildman–Crippen MR) is 101 cm³/mol. The van der Waals surface area contributed by atoms with Crippen LogP contribution in [0.1, 0.15) is 25.6 Å². The molecule has 0 spiro atoms. The van der Waals surface area contributed by atoms with Gasteiger partial charge in [0.25, 0.3) is 11.5 Å². The molecule has 0 atom stereocenters. The normalized spacial score (nSPS) is 10.8. The molecule has 2 heterocycles. The van der Waals surface area contributed by atoms with Gasteiger partial charge in [-0.2, -0.15) is 0 Å². The van der Waals surface area contributed by atoms with Crippen LogP contribution in [0.5, 0.6) is 11.5 Å². The van der Waals surface area contributed by atoms with E-state index in [1.54, 1.807) is 25.1 Å². The number of primary amides is 1. The standard InChI is InChI=1S/C18H17N3O5S/c1-9-14-17(27-15(9)16(19)23)20-8-21(18(14)24)7-11(22)10-4-5-12(25-2)13(6-10)26-3/h4-6,8H,7H2,1-3H3,(H2,19,23). The molecule has 0 aliphatic heterocycles. The summed E-state index contributed by atoms with van der Waals surface area (Å²) >= 11 is 1.06. The number of ether oxygens (including phenoxy) is 2. The quantitative estimate of drug-likeness (QED) is 0.645. The fourth-order valence-corrected chi connectivity index (χ4v) is 3.75. The van der Waals surface area contributed by atoms with Crippen molar-refractivity contribution in [3.8, 4) is 11.5 Å². The lowest BCUT2D eigenvalue weighted by Gasteiger charge is -2.10. The van der Waals surface area contributed by atoms with Crippen molar-refractivity contribution in [3.05, 3.63) is 50.9 Å². The maximum atomic E-state index is 12.8. The molecule has 0 unspecified atom stereocenters. The molecule has 0 saturated carbocycles. The number of aryl methyl sites for hydroxylation is 1. The van der Waals surface area contributed by atoms with Crippen molar-refractivity contribution in [3.63, 3.8) is 0 Å². The molecule has 3 rings (SSSR count). The summed E-state index contributed by atoms with van der Waals surface area (Å²) in [6.45, 7) is 1.45. The van der Waals surface area contributed by atoms with Crippen molar-refractivity contribution in [1.29, 1.82) is 0 Å². The van der Waals surface area contributed by atoms with Gasteiger partial charge in [0, 0.05) is 5.56 Å². The maximum Gasteiger partial charge on any atom is 0.262 e. The van der Waals surface area contributed by atoms with E-state index in [-0.39, 0.29) is 12.3 Å². The van der Waals surface area contributed by atoms with Gasteiger partial charge in [-0.05, 0) is 30.7 Å². The highest BCUT2D eigenvalue weighted by Gasteiger charge is 2.19. The number of hydrogen-bond acceptors (Lipinski definition) is 7. The van der Waals surface area contributed by atoms with Crippen molar-refractivity contribution in [1.82, 2.24) is 9.55 Å². The number of rotatable bonds is 6. The number of ketones is 1. The van der Waals surface area contributed by atoms with Gasteiger partial charge in [0.05, 0.1) is 37.4 Å². The summed E-state index contributed by atoms with van der Waals surface area (Å²) in [6.07, 6.45) is 1.30. The highest BCUT2D eigenvalue weighted by Crippen LogP contribution is 2.28. The number of nitrogens with two attached hydrogens (primary N) is 1. The third-order valence-corrected chi connectivity index (χ3v) is 5.37. The lowest BCUT2D eigenvalue weighted by atomic mass is 10.1. The number of fused-ring (bicyclic) bond motifs is 1. The van der Waals surface area contributed by atoms with E-state index in [4.69, 9.17) is 15.2 Å². The summed E-state index contributed by atoms with van der Waals surface area (Å²) in [7, 11) is 2.98. The Morgan fingerprint density at radius 2 is 1.93 bits per heavy atom. The molecule has 2 aromatic heterocycles. The minimum Gasteiger partial charge on any atom is -0.493 e. The van der Waals surface area contributed by atoms with Gasteiger partial charge in [0.15, 0.2) is 17.3 Å². The Hall–Kier alpha value is -3.20. The lowest BCUT2D eigenvalue weighted by molar-refractivity contribution is 0.0968. The Labute approximate surface area is 158 Å². The highest BCUT2D eigenvalue weighted by atomic mass is 32.1. The van der Waals surface area contributed by atoms with Crippen LogP contribution < -0.4 is 20.8 Å². The van der Waals surface area contributed by atoms with Crippen molar-refractivity contribution >= 4 is 33.2 Å². The molecule has 1 amide bonds. The summed E-state index contributed by atoms with van der Waals surface area (Å²) < 4.78 is 11.6. The zero-order valence-corrected chi connectivity index (χ0v) is 15.8. The first-order chi connectivity index (χ1) is 12.9. The molecule has 3 aromatic rings. The van der Waals surface area contributed by atoms with Crippen molar-refractivity contribution in [2.24, 2.45) is 5.73 Å². The van der Waals surface area contributed by atoms with Gasteiger partial charge < -0.3 is 15.2 Å². The second-order valence-electron chi connectivity index (χ2n) is 5.77. The first-order valence-corrected chi connectivity index (χ1v) is 8.72. The molecule has 140 valence electrons. The molecule has 0 fully saturated rings. The van der Waals surface area contributed by atoms with Crippen LogP contribution in [0.15, 0.2) is 29.3 Å². The Balaban J connectivity index is 1.98. The summed E-state index contributed by atoms with van der Waals surface area (Å²) in [5.41, 5.74) is 5.79. The topological polar surface area (TPSA) is 114 Å². The molecule has 0 aliphatic rings. The Bertz CT molecular complexity index is 1120. The second-order valence-corrected chi connectivity index (χ2v) is 6.77. The number of amides is 1. The van der Waals surface area contributed by atoms with Crippen LogP contribution in [-0.4, -0.2) is 35.5 Å². The average Bonchev–Trinajstić information content (AvgIpc) is 3.00. The Kier molecular flexibility index (Phi) is 4.95. The van der Waals surface area contributed by atoms with Gasteiger partial charge in [0.1, 0.15) is 4.83 Å². The van der Waals surface area contributed by atoms with Crippen LogP contribution in [-0.2, 0) is 6.54 Å². The van der Waals surface area contributed by atoms with Crippen LogP contribution >= 0.6 is 11.3 Å². The van der Waals surface area contributed by atoms with Crippen molar-refractivity contribution < 1.29 is 19.1 Å². The summed E-state index contributed by atoms with van der Waals surface area (Å²) in [4.78, 5) is 41.8. The first-order valence-electron chi connectivity index (χ1n) is 7.91. The number of thiophene rings is 1. The predicted octanol–water partition coefficient (Wildman–Crippen LogP) is 1.77. The van der Waals surface area contributed by atoms with E-state index in [1.807, 2.05) is 0 Å². The van der Waals surface area contributed by atoms with Gasteiger partial charge in [-0.1, -0.05) is 0 Å². The first kappa shape index (κ1) is 18.6. The molecule has 0 bridgehead atoms. The van der Waals surface area contributed by atoms with Gasteiger partial charge in [0.2, 0.25) is 0 Å². The number of aromatic nitrogens is 2. The lowest BCUT2D eigenvalue weighted by Crippen LogP contribution is -2.24. The number of carbonyl (C=O) groups excluding carboxylic acids is 2. The maximum absolute atomic E-state index is 12.8. The molecule has 27 heavy (non-hydrogen) atoms. The largest absolute Gasteiger partial charge is 0.493 e. The van der Waals surface area contributed by atoms with E-state index in [9.17, 15) is 14.4 Å². The molecule has 0 saturated heterocycles. The zero-order chi connectivity index (χ0) is 19.7. The van der Waals surface area contributed by atoms with Gasteiger partial charge in [-0.3, -0.25) is 19.0 Å². The molecule has 0 radical (unpaired) electrons. The third kappa shape index (κ3) is 3.28. The molecule has 9 heteroatoms. The third-order valence-electron chi connectivity index (χ3n) is 4.16. The SMILES string of the molecule is COc1ccc(C(=O)Cn2cnc3sc(C(N)=O)c(C)c3c2=O)cc1OC. The van der Waals surface area contributed by atoms with Crippen LogP contribution in [0.2, 0.25) is 0 Å². The number of Topliss-reactive ketones (excluding diaryl/α,β-unsaturated/α-hetero) is 1. The number of hydrogen-bond donors (Lipinski definition) is 1. The smallest absolute Gasteiger partial charge is 0.262 e. The highest BCUT2D eigenvalue weighted by molar-refractivity contribution is 7.20. The van der Waals surface area contributed by atoms with Crippen LogP contribution in [0.25, 0.3) is 10.2 Å². The fraction of sp³-hybridized carbons (Fsp3) is 0.222. The summed E-state index contributed by atoms with van der Waals surface area (Å²) in [5.74, 6) is 0.0244. The van der Waals surface area contributed by atoms with Gasteiger partial charge >= 0.3 is 0 Å². The Morgan fingerprint density at radius 1 is 1.22 bits per heavy atom. The summed E-state index contributed by atoms with van der Waals surface area (Å²) in [5, 5.41) is 0.302. The van der Waals surface area contributed by atoms with E-state index in [2.05, 4.69) is 4.98 Å². The Morgan fingerprint density at radius 3 is 2.56 bits per heavy atom. The molecule has 1 aromatic carbocycles. The monoisotopic (exact) mass is 387 g/mol. The van der Waals surface area contributed by atoms with Gasteiger partial charge in [-0.15, -0.1) is 11.3 Å². The van der Waals surface area contributed by atoms with E-state index in [1.165, 1.54) is 25.1 Å². The molecule has 8 nitrogen and oxygen atoms in total. The minimum absolute atomic E-state index is 0.196. The van der Waals surface area contributed by atoms with E-state index >= 15 is 0 Å². The van der Waals surface area contributed by atoms with Crippen LogP contribution in [0.4, 0.5) is 0 Å². The van der Waals surface area contributed by atoms with E-state index in [0.29, 0.717) is 37.7 Å². The molecule has 2 N–H and O–H groups in total. The number of benzene rings is 1. The van der Waals surface area contributed by atoms with Crippen molar-refractivity contribution in [2.75, 3.05) is 14.2 Å². The summed E-state index contributed by atoms with van der Waals surface area (Å²) in [6, 6.07) is 4.78. The van der Waals surface area contributed by atoms with Crippen molar-refractivity contribution in [2.45, 2.75) is 13.5 Å². The molecule has 0 aliphatic carbocycles. The zero-order valence-electron chi connectivity index (χ0n) is 14.9. The minimum atomic E-state index is -0.608. The molecular weight excluding hydrogens is 370 g/mol. The number of methoxy groups -OCH3 is 2. The van der Waals surface area contributed by atoms with Crippen LogP contribution in [0.3, 0.4) is 0 Å². The van der Waals surface area contributed by atoms with E-state index in [0.717, 1.165) is 11.3 Å². The number of nitrogens with zero attached hydrogens (tertiary/aromatic N) is 2.